The highest BCUT2D eigenvalue weighted by molar-refractivity contribution is 5.76. The summed E-state index contributed by atoms with van der Waals surface area (Å²) >= 11 is 0. The number of hydrogen-bond donors (Lipinski definition) is 2. The molecule has 0 spiro atoms. The van der Waals surface area contributed by atoms with Gasteiger partial charge in [-0.3, -0.25) is 4.79 Å². The summed E-state index contributed by atoms with van der Waals surface area (Å²) in [5.74, 6) is -0.788. The van der Waals surface area contributed by atoms with Gasteiger partial charge in [-0.25, -0.2) is 0 Å². The van der Waals surface area contributed by atoms with Crippen molar-refractivity contribution in [3.8, 4) is 0 Å². The van der Waals surface area contributed by atoms with Gasteiger partial charge >= 0.3 is 5.97 Å². The van der Waals surface area contributed by atoms with Crippen LogP contribution in [0.4, 0.5) is 0 Å². The number of carbonyl (C=O) groups is 1. The summed E-state index contributed by atoms with van der Waals surface area (Å²) in [6.45, 7) is 6.02. The summed E-state index contributed by atoms with van der Waals surface area (Å²) < 4.78 is 5.51. The zero-order valence-corrected chi connectivity index (χ0v) is 9.04. The standard InChI is InChI=1S/C10H19NO3/c1-9(2,3)14-6-10(8(12)13)4-7(11)5-10/h7H,4-6,11H2,1-3H3,(H,12,13). The lowest BCUT2D eigenvalue weighted by molar-refractivity contribution is -0.167. The van der Waals surface area contributed by atoms with Crippen LogP contribution >= 0.6 is 0 Å². The predicted octanol–water partition coefficient (Wildman–Crippen LogP) is 0.994. The Hall–Kier alpha value is -0.610. The van der Waals surface area contributed by atoms with Crippen LogP contribution in [0.5, 0.6) is 0 Å². The number of nitrogens with two attached hydrogens (primary N) is 1. The van der Waals surface area contributed by atoms with Gasteiger partial charge in [-0.2, -0.15) is 0 Å². The molecule has 82 valence electrons. The third kappa shape index (κ3) is 2.45. The number of carboxylic acid groups (broad SMARTS) is 1. The first-order valence-corrected chi connectivity index (χ1v) is 4.88. The van der Waals surface area contributed by atoms with E-state index in [0.717, 1.165) is 0 Å². The summed E-state index contributed by atoms with van der Waals surface area (Å²) in [5.41, 5.74) is 4.59. The Morgan fingerprint density at radius 3 is 2.36 bits per heavy atom. The van der Waals surface area contributed by atoms with Crippen LogP contribution in [0.25, 0.3) is 0 Å². The fourth-order valence-electron chi connectivity index (χ4n) is 1.65. The smallest absolute Gasteiger partial charge is 0.312 e. The molecule has 0 amide bonds. The van der Waals surface area contributed by atoms with Gasteiger partial charge in [0.1, 0.15) is 0 Å². The van der Waals surface area contributed by atoms with Crippen molar-refractivity contribution in [2.75, 3.05) is 6.61 Å². The maximum absolute atomic E-state index is 11.0. The van der Waals surface area contributed by atoms with Crippen molar-refractivity contribution in [1.29, 1.82) is 0 Å². The highest BCUT2D eigenvalue weighted by atomic mass is 16.5. The first-order chi connectivity index (χ1) is 6.25. The minimum absolute atomic E-state index is 0.0228. The maximum Gasteiger partial charge on any atom is 0.312 e. The molecule has 1 fully saturated rings. The molecule has 0 aromatic rings. The van der Waals surface area contributed by atoms with Gasteiger partial charge in [0.2, 0.25) is 0 Å². The first-order valence-electron chi connectivity index (χ1n) is 4.88. The number of rotatable bonds is 3. The molecule has 0 radical (unpaired) electrons. The fourth-order valence-corrected chi connectivity index (χ4v) is 1.65. The maximum atomic E-state index is 11.0. The van der Waals surface area contributed by atoms with Crippen LogP contribution < -0.4 is 5.73 Å². The number of carboxylic acids is 1. The molecule has 4 nitrogen and oxygen atoms in total. The lowest BCUT2D eigenvalue weighted by atomic mass is 9.66. The van der Waals surface area contributed by atoms with Crippen molar-refractivity contribution in [3.05, 3.63) is 0 Å². The van der Waals surface area contributed by atoms with E-state index in [9.17, 15) is 4.79 Å². The molecule has 4 heteroatoms. The van der Waals surface area contributed by atoms with Crippen molar-refractivity contribution >= 4 is 5.97 Å². The zero-order chi connectivity index (χ0) is 11.0. The third-order valence-corrected chi connectivity index (χ3v) is 2.54. The molecule has 14 heavy (non-hydrogen) atoms. The predicted molar refractivity (Wildman–Crippen MR) is 53.0 cm³/mol. The average Bonchev–Trinajstić information content (AvgIpc) is 1.93. The quantitative estimate of drug-likeness (QED) is 0.714. The molecule has 0 aromatic heterocycles. The number of hydrogen-bond acceptors (Lipinski definition) is 3. The molecule has 0 unspecified atom stereocenters. The van der Waals surface area contributed by atoms with E-state index in [1.807, 2.05) is 20.8 Å². The SMILES string of the molecule is CC(C)(C)OCC1(C(=O)O)CC(N)C1. The Morgan fingerprint density at radius 1 is 1.57 bits per heavy atom. The van der Waals surface area contributed by atoms with Crippen LogP contribution in [0.3, 0.4) is 0 Å². The van der Waals surface area contributed by atoms with Crippen LogP contribution in [0.15, 0.2) is 0 Å². The van der Waals surface area contributed by atoms with Gasteiger partial charge in [-0.05, 0) is 33.6 Å². The number of aliphatic carboxylic acids is 1. The highest BCUT2D eigenvalue weighted by Gasteiger charge is 2.49. The molecule has 0 bridgehead atoms. The third-order valence-electron chi connectivity index (χ3n) is 2.54. The zero-order valence-electron chi connectivity index (χ0n) is 9.04. The van der Waals surface area contributed by atoms with E-state index in [0.29, 0.717) is 12.8 Å². The minimum atomic E-state index is -0.788. The molecule has 1 aliphatic rings. The summed E-state index contributed by atoms with van der Waals surface area (Å²) in [6.07, 6.45) is 1.05. The Bertz CT molecular complexity index is 226. The molecule has 1 saturated carbocycles. The fraction of sp³-hybridized carbons (Fsp3) is 0.900. The molecule has 0 atom stereocenters. The lowest BCUT2D eigenvalue weighted by Gasteiger charge is -2.43. The second kappa shape index (κ2) is 3.51. The van der Waals surface area contributed by atoms with Crippen LogP contribution in [0.2, 0.25) is 0 Å². The molecular weight excluding hydrogens is 182 g/mol. The average molecular weight is 201 g/mol. The van der Waals surface area contributed by atoms with Gasteiger partial charge in [0.05, 0.1) is 17.6 Å². The van der Waals surface area contributed by atoms with Crippen LogP contribution in [-0.4, -0.2) is 29.3 Å². The van der Waals surface area contributed by atoms with Gasteiger partial charge < -0.3 is 15.6 Å². The normalized spacial score (nSPS) is 32.4. The van der Waals surface area contributed by atoms with E-state index < -0.39 is 11.4 Å². The molecule has 0 saturated heterocycles. The van der Waals surface area contributed by atoms with Gasteiger partial charge in [0, 0.05) is 6.04 Å². The summed E-state index contributed by atoms with van der Waals surface area (Å²) in [4.78, 5) is 11.0. The van der Waals surface area contributed by atoms with Gasteiger partial charge in [-0.15, -0.1) is 0 Å². The summed E-state index contributed by atoms with van der Waals surface area (Å²) in [6, 6.07) is 0.0228. The Balaban J connectivity index is 2.51. The van der Waals surface area contributed by atoms with E-state index in [2.05, 4.69) is 0 Å². The van der Waals surface area contributed by atoms with Crippen molar-refractivity contribution in [2.45, 2.75) is 45.3 Å². The Morgan fingerprint density at radius 2 is 2.07 bits per heavy atom. The largest absolute Gasteiger partial charge is 0.481 e. The van der Waals surface area contributed by atoms with Crippen LogP contribution in [0, 0.1) is 5.41 Å². The monoisotopic (exact) mass is 201 g/mol. The Kier molecular flexibility index (Phi) is 2.88. The molecule has 3 N–H and O–H groups in total. The van der Waals surface area contributed by atoms with E-state index in [1.165, 1.54) is 0 Å². The topological polar surface area (TPSA) is 72.5 Å². The van der Waals surface area contributed by atoms with Crippen molar-refractivity contribution in [1.82, 2.24) is 0 Å². The second-order valence-corrected chi connectivity index (χ2v) is 5.15. The molecule has 0 aromatic carbocycles. The summed E-state index contributed by atoms with van der Waals surface area (Å²) in [7, 11) is 0. The number of ether oxygens (including phenoxy) is 1. The van der Waals surface area contributed by atoms with E-state index >= 15 is 0 Å². The molecular formula is C10H19NO3. The van der Waals surface area contributed by atoms with Crippen molar-refractivity contribution in [3.63, 3.8) is 0 Å². The Labute approximate surface area is 84.4 Å². The molecule has 0 heterocycles. The van der Waals surface area contributed by atoms with Gasteiger partial charge in [0.25, 0.3) is 0 Å². The second-order valence-electron chi connectivity index (χ2n) is 5.15. The van der Waals surface area contributed by atoms with Gasteiger partial charge in [-0.1, -0.05) is 0 Å². The van der Waals surface area contributed by atoms with Crippen LogP contribution in [0.1, 0.15) is 33.6 Å². The van der Waals surface area contributed by atoms with E-state index in [-0.39, 0.29) is 18.2 Å². The van der Waals surface area contributed by atoms with E-state index in [1.54, 1.807) is 0 Å². The van der Waals surface area contributed by atoms with E-state index in [4.69, 9.17) is 15.6 Å². The molecule has 1 rings (SSSR count). The van der Waals surface area contributed by atoms with Crippen molar-refractivity contribution in [2.24, 2.45) is 11.1 Å². The minimum Gasteiger partial charge on any atom is -0.481 e. The van der Waals surface area contributed by atoms with Gasteiger partial charge in [0.15, 0.2) is 0 Å². The lowest BCUT2D eigenvalue weighted by Crippen LogP contribution is -2.54. The molecule has 0 aliphatic heterocycles. The van der Waals surface area contributed by atoms with Crippen molar-refractivity contribution < 1.29 is 14.6 Å². The first kappa shape index (κ1) is 11.5. The highest BCUT2D eigenvalue weighted by Crippen LogP contribution is 2.41. The molecule has 1 aliphatic carbocycles. The van der Waals surface area contributed by atoms with Crippen LogP contribution in [-0.2, 0) is 9.53 Å². The summed E-state index contributed by atoms with van der Waals surface area (Å²) in [5, 5.41) is 9.06.